The Bertz CT molecular complexity index is 1460. The Labute approximate surface area is 250 Å². The van der Waals surface area contributed by atoms with Gasteiger partial charge >= 0.3 is 0 Å². The first-order chi connectivity index (χ1) is 19.4. The summed E-state index contributed by atoms with van der Waals surface area (Å²) in [4.78, 5) is 28.5. The van der Waals surface area contributed by atoms with E-state index in [-0.39, 0.29) is 34.8 Å². The summed E-state index contributed by atoms with van der Waals surface area (Å²) in [5, 5.41) is 2.84. The number of hydrogen-bond donors (Lipinski definition) is 1. The molecule has 0 aliphatic carbocycles. The maximum atomic E-state index is 14.1. The quantitative estimate of drug-likeness (QED) is 0.300. The number of anilines is 1. The number of sulfonamides is 1. The van der Waals surface area contributed by atoms with Crippen LogP contribution in [0.2, 0.25) is 0 Å². The molecule has 0 aliphatic rings. The number of ether oxygens (including phenoxy) is 2. The molecule has 9 nitrogen and oxygen atoms in total. The molecule has 0 radical (unpaired) electrons. The second-order valence-corrected chi connectivity index (χ2v) is 12.6. The average Bonchev–Trinajstić information content (AvgIpc) is 2.94. The highest BCUT2D eigenvalue weighted by Gasteiger charge is 2.34. The van der Waals surface area contributed by atoms with E-state index in [4.69, 9.17) is 9.47 Å². The molecule has 2 amide bonds. The number of carbonyl (C=O) groups excluding carboxylic acids is 2. The number of amides is 2. The molecule has 3 aromatic rings. The van der Waals surface area contributed by atoms with Gasteiger partial charge in [0.2, 0.25) is 11.8 Å². The van der Waals surface area contributed by atoms with Crippen molar-refractivity contribution in [1.82, 2.24) is 10.2 Å². The number of aryl methyl sites for hydroxylation is 1. The van der Waals surface area contributed by atoms with E-state index in [0.717, 1.165) is 19.9 Å². The van der Waals surface area contributed by atoms with E-state index in [2.05, 4.69) is 21.2 Å². The largest absolute Gasteiger partial charge is 0.497 e. The van der Waals surface area contributed by atoms with Gasteiger partial charge in [-0.25, -0.2) is 8.42 Å². The molecule has 0 heterocycles. The van der Waals surface area contributed by atoms with E-state index < -0.39 is 28.5 Å². The fourth-order valence-electron chi connectivity index (χ4n) is 4.12. The number of nitrogens with one attached hydrogen (secondary N) is 1. The molecule has 0 bridgehead atoms. The molecule has 41 heavy (non-hydrogen) atoms. The first kappa shape index (κ1) is 32.0. The van der Waals surface area contributed by atoms with Gasteiger partial charge in [-0.3, -0.25) is 13.9 Å². The molecule has 0 unspecified atom stereocenters. The average molecular weight is 647 g/mol. The first-order valence-electron chi connectivity index (χ1n) is 13.0. The molecule has 0 saturated heterocycles. The van der Waals surface area contributed by atoms with Crippen molar-refractivity contribution in [1.29, 1.82) is 0 Å². The van der Waals surface area contributed by atoms with Crippen LogP contribution < -0.4 is 19.1 Å². The van der Waals surface area contributed by atoms with Crippen LogP contribution in [0.15, 0.2) is 76.1 Å². The summed E-state index contributed by atoms with van der Waals surface area (Å²) in [7, 11) is -1.38. The fourth-order valence-corrected chi connectivity index (χ4v) is 5.80. The van der Waals surface area contributed by atoms with E-state index in [1.807, 2.05) is 45.0 Å². The highest BCUT2D eigenvalue weighted by molar-refractivity contribution is 9.10. The molecule has 0 aliphatic heterocycles. The van der Waals surface area contributed by atoms with E-state index in [1.54, 1.807) is 31.2 Å². The molecular formula is C30H36BrN3O6S. The lowest BCUT2D eigenvalue weighted by Crippen LogP contribution is -2.52. The van der Waals surface area contributed by atoms with E-state index in [9.17, 15) is 18.0 Å². The Morgan fingerprint density at radius 2 is 1.56 bits per heavy atom. The number of benzene rings is 3. The summed E-state index contributed by atoms with van der Waals surface area (Å²) in [6, 6.07) is 17.4. The summed E-state index contributed by atoms with van der Waals surface area (Å²) in [5.74, 6) is -0.301. The van der Waals surface area contributed by atoms with Crippen LogP contribution in [0.1, 0.15) is 31.9 Å². The van der Waals surface area contributed by atoms with Crippen LogP contribution in [0.3, 0.4) is 0 Å². The molecule has 0 aromatic heterocycles. The predicted octanol–water partition coefficient (Wildman–Crippen LogP) is 4.91. The number of hydrogen-bond acceptors (Lipinski definition) is 6. The Hall–Kier alpha value is -3.57. The topological polar surface area (TPSA) is 105 Å². The van der Waals surface area contributed by atoms with Crippen LogP contribution in [-0.4, -0.2) is 58.0 Å². The summed E-state index contributed by atoms with van der Waals surface area (Å²) in [6.45, 7) is 6.64. The van der Waals surface area contributed by atoms with E-state index >= 15 is 0 Å². The van der Waals surface area contributed by atoms with Gasteiger partial charge in [0.25, 0.3) is 10.0 Å². The maximum Gasteiger partial charge on any atom is 0.264 e. The normalized spacial score (nSPS) is 12.0. The van der Waals surface area contributed by atoms with Crippen molar-refractivity contribution in [3.8, 4) is 11.5 Å². The summed E-state index contributed by atoms with van der Waals surface area (Å²) in [6.07, 6.45) is 0. The van der Waals surface area contributed by atoms with Crippen molar-refractivity contribution >= 4 is 43.5 Å². The van der Waals surface area contributed by atoms with E-state index in [0.29, 0.717) is 5.75 Å². The Morgan fingerprint density at radius 1 is 0.927 bits per heavy atom. The third-order valence-electron chi connectivity index (χ3n) is 6.41. The molecule has 1 N–H and O–H groups in total. The van der Waals surface area contributed by atoms with Crippen LogP contribution in [0.5, 0.6) is 11.5 Å². The second-order valence-electron chi connectivity index (χ2n) is 9.85. The Kier molecular flexibility index (Phi) is 10.8. The molecule has 3 rings (SSSR count). The van der Waals surface area contributed by atoms with Crippen LogP contribution >= 0.6 is 15.9 Å². The van der Waals surface area contributed by atoms with Gasteiger partial charge in [0.05, 0.1) is 24.8 Å². The third kappa shape index (κ3) is 8.01. The minimum absolute atomic E-state index is 0.00540. The number of methoxy groups -OCH3 is 2. The molecular weight excluding hydrogens is 610 g/mol. The Morgan fingerprint density at radius 3 is 2.12 bits per heavy atom. The zero-order chi connectivity index (χ0) is 30.3. The highest BCUT2D eigenvalue weighted by Crippen LogP contribution is 2.36. The van der Waals surface area contributed by atoms with Gasteiger partial charge in [0.15, 0.2) is 0 Å². The van der Waals surface area contributed by atoms with Crippen molar-refractivity contribution in [2.75, 3.05) is 25.1 Å². The molecule has 0 saturated carbocycles. The van der Waals surface area contributed by atoms with Gasteiger partial charge in [-0.05, 0) is 69.7 Å². The van der Waals surface area contributed by atoms with Crippen molar-refractivity contribution in [3.63, 3.8) is 0 Å². The van der Waals surface area contributed by atoms with Crippen LogP contribution in [-0.2, 0) is 26.2 Å². The number of halogens is 1. The molecule has 1 atom stereocenters. The van der Waals surface area contributed by atoms with Crippen molar-refractivity contribution in [2.24, 2.45) is 0 Å². The summed E-state index contributed by atoms with van der Waals surface area (Å²) in [5.41, 5.74) is 1.79. The third-order valence-corrected chi connectivity index (χ3v) is 8.71. The molecule has 220 valence electrons. The zero-order valence-corrected chi connectivity index (χ0v) is 26.5. The standard InChI is InChI=1S/C30H36BrN3O6S/c1-20(2)32-30(36)22(4)33(18-23-9-11-24(31)12-10-23)29(35)19-34(27-17-25(39-5)13-16-28(27)40-6)41(37,38)26-14-7-21(3)8-15-26/h7-17,20,22H,18-19H2,1-6H3,(H,32,36)/t22-/m1/s1. The van der Waals surface area contributed by atoms with Gasteiger partial charge in [-0.15, -0.1) is 0 Å². The minimum Gasteiger partial charge on any atom is -0.497 e. The first-order valence-corrected chi connectivity index (χ1v) is 15.3. The van der Waals surface area contributed by atoms with Gasteiger partial charge < -0.3 is 19.7 Å². The van der Waals surface area contributed by atoms with Gasteiger partial charge in [0.1, 0.15) is 24.1 Å². The number of nitrogens with zero attached hydrogens (tertiary/aromatic N) is 2. The lowest BCUT2D eigenvalue weighted by Gasteiger charge is -2.32. The number of rotatable bonds is 12. The maximum absolute atomic E-state index is 14.1. The van der Waals surface area contributed by atoms with Crippen molar-refractivity contribution in [3.05, 3.63) is 82.3 Å². The zero-order valence-electron chi connectivity index (χ0n) is 24.0. The smallest absolute Gasteiger partial charge is 0.264 e. The molecule has 11 heteroatoms. The van der Waals surface area contributed by atoms with Crippen LogP contribution in [0.25, 0.3) is 0 Å². The van der Waals surface area contributed by atoms with Gasteiger partial charge in [-0.1, -0.05) is 45.8 Å². The predicted molar refractivity (Wildman–Crippen MR) is 163 cm³/mol. The molecule has 0 spiro atoms. The second kappa shape index (κ2) is 13.9. The number of carbonyl (C=O) groups is 2. The highest BCUT2D eigenvalue weighted by atomic mass is 79.9. The van der Waals surface area contributed by atoms with Crippen molar-refractivity contribution in [2.45, 2.75) is 51.2 Å². The SMILES string of the molecule is COc1ccc(OC)c(N(CC(=O)N(Cc2ccc(Br)cc2)[C@H](C)C(=O)NC(C)C)S(=O)(=O)c2ccc(C)cc2)c1. The molecule has 3 aromatic carbocycles. The van der Waals surface area contributed by atoms with Crippen molar-refractivity contribution < 1.29 is 27.5 Å². The van der Waals surface area contributed by atoms with Gasteiger partial charge in [0, 0.05) is 23.1 Å². The Balaban J connectivity index is 2.12. The summed E-state index contributed by atoms with van der Waals surface area (Å²) >= 11 is 3.41. The van der Waals surface area contributed by atoms with Crippen LogP contribution in [0, 0.1) is 6.92 Å². The van der Waals surface area contributed by atoms with Crippen LogP contribution in [0.4, 0.5) is 5.69 Å². The monoisotopic (exact) mass is 645 g/mol. The fraction of sp³-hybridized carbons (Fsp3) is 0.333. The summed E-state index contributed by atoms with van der Waals surface area (Å²) < 4.78 is 40.9. The lowest BCUT2D eigenvalue weighted by molar-refractivity contribution is -0.139. The molecule has 0 fully saturated rings. The van der Waals surface area contributed by atoms with E-state index in [1.165, 1.54) is 37.3 Å². The minimum atomic E-state index is -4.26. The lowest BCUT2D eigenvalue weighted by atomic mass is 10.1. The van der Waals surface area contributed by atoms with Gasteiger partial charge in [-0.2, -0.15) is 0 Å².